The molecule has 26 heavy (non-hydrogen) atoms. The number of aromatic nitrogens is 1. The normalized spacial score (nSPS) is 14.2. The predicted molar refractivity (Wildman–Crippen MR) is 94.7 cm³/mol. The molecule has 1 aromatic heterocycles. The molecular weight excluding hydrogens is 335 g/mol. The summed E-state index contributed by atoms with van der Waals surface area (Å²) in [7, 11) is 0. The second kappa shape index (κ2) is 8.42. The predicted octanol–water partition coefficient (Wildman–Crippen LogP) is 1.82. The molecule has 2 aromatic rings. The van der Waals surface area contributed by atoms with E-state index in [9.17, 15) is 14.0 Å². The lowest BCUT2D eigenvalue weighted by Gasteiger charge is -2.34. The average Bonchev–Trinajstić information content (AvgIpc) is 2.69. The maximum absolute atomic E-state index is 12.9. The van der Waals surface area contributed by atoms with Gasteiger partial charge in [0, 0.05) is 32.4 Å². The highest BCUT2D eigenvalue weighted by Crippen LogP contribution is 2.08. The van der Waals surface area contributed by atoms with Crippen LogP contribution in [0.2, 0.25) is 0 Å². The molecule has 0 radical (unpaired) electrons. The number of amides is 3. The number of hydrogen-bond donors (Lipinski definition) is 1. The zero-order valence-corrected chi connectivity index (χ0v) is 14.4. The van der Waals surface area contributed by atoms with Crippen LogP contribution in [0.3, 0.4) is 0 Å². The number of carbonyl (C=O) groups excluding carboxylic acids is 2. The maximum atomic E-state index is 12.9. The molecule has 1 aliphatic rings. The molecule has 1 saturated heterocycles. The number of benzene rings is 1. The average molecular weight is 356 g/mol. The largest absolute Gasteiger partial charge is 0.339 e. The fourth-order valence-electron chi connectivity index (χ4n) is 2.83. The molecule has 0 unspecified atom stereocenters. The molecule has 0 aliphatic carbocycles. The van der Waals surface area contributed by atoms with E-state index in [1.165, 1.54) is 12.1 Å². The van der Waals surface area contributed by atoms with Crippen LogP contribution < -0.4 is 5.32 Å². The Morgan fingerprint density at radius 1 is 1.00 bits per heavy atom. The van der Waals surface area contributed by atoms with Gasteiger partial charge in [-0.3, -0.25) is 9.78 Å². The Hall–Kier alpha value is -2.96. The van der Waals surface area contributed by atoms with Crippen molar-refractivity contribution in [3.05, 3.63) is 65.7 Å². The molecule has 6 nitrogen and oxygen atoms in total. The van der Waals surface area contributed by atoms with E-state index < -0.39 is 0 Å². The molecule has 7 heteroatoms. The lowest BCUT2D eigenvalue weighted by molar-refractivity contribution is -0.131. The molecule has 2 heterocycles. The number of carbonyl (C=O) groups is 2. The number of hydrogen-bond acceptors (Lipinski definition) is 3. The SMILES string of the molecule is O=C(Cc1ccc(F)cc1)N1CCN(C(=O)NCc2ccccn2)CC1. The first-order valence-corrected chi connectivity index (χ1v) is 8.57. The van der Waals surface area contributed by atoms with Gasteiger partial charge in [-0.05, 0) is 29.8 Å². The van der Waals surface area contributed by atoms with Crippen LogP contribution in [0.25, 0.3) is 0 Å². The van der Waals surface area contributed by atoms with Crippen molar-refractivity contribution in [1.82, 2.24) is 20.1 Å². The summed E-state index contributed by atoms with van der Waals surface area (Å²) in [5, 5.41) is 2.84. The van der Waals surface area contributed by atoms with Crippen LogP contribution in [0.1, 0.15) is 11.3 Å². The third kappa shape index (κ3) is 4.78. The Morgan fingerprint density at radius 3 is 2.35 bits per heavy atom. The smallest absolute Gasteiger partial charge is 0.317 e. The van der Waals surface area contributed by atoms with Gasteiger partial charge in [-0.1, -0.05) is 18.2 Å². The quantitative estimate of drug-likeness (QED) is 0.909. The zero-order valence-electron chi connectivity index (χ0n) is 14.4. The van der Waals surface area contributed by atoms with Gasteiger partial charge >= 0.3 is 6.03 Å². The first-order valence-electron chi connectivity index (χ1n) is 8.57. The molecule has 0 bridgehead atoms. The Morgan fingerprint density at radius 2 is 1.69 bits per heavy atom. The zero-order chi connectivity index (χ0) is 18.4. The van der Waals surface area contributed by atoms with Gasteiger partial charge in [0.05, 0.1) is 18.7 Å². The number of rotatable bonds is 4. The van der Waals surface area contributed by atoms with Crippen molar-refractivity contribution in [2.45, 2.75) is 13.0 Å². The Balaban J connectivity index is 1.43. The van der Waals surface area contributed by atoms with E-state index in [0.717, 1.165) is 11.3 Å². The van der Waals surface area contributed by atoms with Crippen LogP contribution in [0.15, 0.2) is 48.7 Å². The summed E-state index contributed by atoms with van der Waals surface area (Å²) in [4.78, 5) is 32.2. The van der Waals surface area contributed by atoms with E-state index in [-0.39, 0.29) is 24.2 Å². The van der Waals surface area contributed by atoms with Gasteiger partial charge in [0.1, 0.15) is 5.82 Å². The van der Waals surface area contributed by atoms with Crippen LogP contribution in [0, 0.1) is 5.82 Å². The van der Waals surface area contributed by atoms with Gasteiger partial charge in [-0.25, -0.2) is 9.18 Å². The van der Waals surface area contributed by atoms with Crippen molar-refractivity contribution in [3.63, 3.8) is 0 Å². The maximum Gasteiger partial charge on any atom is 0.317 e. The van der Waals surface area contributed by atoms with Gasteiger partial charge in [0.25, 0.3) is 0 Å². The molecule has 1 N–H and O–H groups in total. The van der Waals surface area contributed by atoms with E-state index in [4.69, 9.17) is 0 Å². The summed E-state index contributed by atoms with van der Waals surface area (Å²) >= 11 is 0. The van der Waals surface area contributed by atoms with Crippen LogP contribution >= 0.6 is 0 Å². The summed E-state index contributed by atoms with van der Waals surface area (Å²) < 4.78 is 12.9. The highest BCUT2D eigenvalue weighted by Gasteiger charge is 2.24. The molecular formula is C19H21FN4O2. The highest BCUT2D eigenvalue weighted by atomic mass is 19.1. The van der Waals surface area contributed by atoms with Gasteiger partial charge in [0.2, 0.25) is 5.91 Å². The standard InChI is InChI=1S/C19H21FN4O2/c20-16-6-4-15(5-7-16)13-18(25)23-9-11-24(12-10-23)19(26)22-14-17-3-1-2-8-21-17/h1-8H,9-14H2,(H,22,26). The van der Waals surface area contributed by atoms with Gasteiger partial charge < -0.3 is 15.1 Å². The lowest BCUT2D eigenvalue weighted by Crippen LogP contribution is -2.53. The molecule has 3 amide bonds. The lowest BCUT2D eigenvalue weighted by atomic mass is 10.1. The summed E-state index contributed by atoms with van der Waals surface area (Å²) in [5.74, 6) is -0.323. The third-order valence-corrected chi connectivity index (χ3v) is 4.34. The number of piperazine rings is 1. The Bertz CT molecular complexity index is 744. The number of nitrogens with zero attached hydrogens (tertiary/aromatic N) is 3. The Kier molecular flexibility index (Phi) is 5.78. The second-order valence-corrected chi connectivity index (χ2v) is 6.15. The van der Waals surface area contributed by atoms with Gasteiger partial charge in [-0.2, -0.15) is 0 Å². The summed E-state index contributed by atoms with van der Waals surface area (Å²) in [6, 6.07) is 11.4. The summed E-state index contributed by atoms with van der Waals surface area (Å²) in [5.41, 5.74) is 1.58. The van der Waals surface area contributed by atoms with Crippen molar-refractivity contribution in [2.24, 2.45) is 0 Å². The van der Waals surface area contributed by atoms with E-state index in [2.05, 4.69) is 10.3 Å². The van der Waals surface area contributed by atoms with Crippen molar-refractivity contribution in [3.8, 4) is 0 Å². The van der Waals surface area contributed by atoms with Crippen molar-refractivity contribution in [2.75, 3.05) is 26.2 Å². The number of halogens is 1. The molecule has 1 fully saturated rings. The minimum absolute atomic E-state index is 0.00912. The minimum Gasteiger partial charge on any atom is -0.339 e. The van der Waals surface area contributed by atoms with E-state index in [0.29, 0.717) is 32.7 Å². The fraction of sp³-hybridized carbons (Fsp3) is 0.316. The van der Waals surface area contributed by atoms with E-state index in [1.807, 2.05) is 18.2 Å². The van der Waals surface area contributed by atoms with E-state index in [1.54, 1.807) is 28.1 Å². The van der Waals surface area contributed by atoms with Crippen LogP contribution in [-0.2, 0) is 17.8 Å². The molecule has 1 aliphatic heterocycles. The molecule has 3 rings (SSSR count). The molecule has 0 saturated carbocycles. The van der Waals surface area contributed by atoms with Crippen molar-refractivity contribution in [1.29, 1.82) is 0 Å². The topological polar surface area (TPSA) is 65.5 Å². The highest BCUT2D eigenvalue weighted by molar-refractivity contribution is 5.79. The van der Waals surface area contributed by atoms with Crippen molar-refractivity contribution >= 4 is 11.9 Å². The van der Waals surface area contributed by atoms with Crippen LogP contribution in [0.5, 0.6) is 0 Å². The van der Waals surface area contributed by atoms with Crippen LogP contribution in [0.4, 0.5) is 9.18 Å². The van der Waals surface area contributed by atoms with Crippen molar-refractivity contribution < 1.29 is 14.0 Å². The fourth-order valence-corrected chi connectivity index (χ4v) is 2.83. The van der Waals surface area contributed by atoms with Gasteiger partial charge in [-0.15, -0.1) is 0 Å². The first-order chi connectivity index (χ1) is 12.6. The first kappa shape index (κ1) is 17.8. The van der Waals surface area contributed by atoms with Crippen LogP contribution in [-0.4, -0.2) is 52.9 Å². The molecule has 0 spiro atoms. The van der Waals surface area contributed by atoms with E-state index >= 15 is 0 Å². The molecule has 0 atom stereocenters. The number of urea groups is 1. The van der Waals surface area contributed by atoms with Gasteiger partial charge in [0.15, 0.2) is 0 Å². The number of pyridine rings is 1. The molecule has 1 aromatic carbocycles. The third-order valence-electron chi connectivity index (χ3n) is 4.34. The molecule has 136 valence electrons. The number of nitrogens with one attached hydrogen (secondary N) is 1. The minimum atomic E-state index is -0.313. The monoisotopic (exact) mass is 356 g/mol. The second-order valence-electron chi connectivity index (χ2n) is 6.15. The summed E-state index contributed by atoms with van der Waals surface area (Å²) in [6.45, 7) is 2.35. The summed E-state index contributed by atoms with van der Waals surface area (Å²) in [6.07, 6.45) is 1.93. The Labute approximate surface area is 151 Å².